The van der Waals surface area contributed by atoms with Crippen LogP contribution in [0.3, 0.4) is 0 Å². The Morgan fingerprint density at radius 3 is 2.42 bits per heavy atom. The van der Waals surface area contributed by atoms with Gasteiger partial charge in [-0.25, -0.2) is 4.99 Å². The van der Waals surface area contributed by atoms with Crippen LogP contribution in [0.4, 0.5) is 0 Å². The van der Waals surface area contributed by atoms with Crippen molar-refractivity contribution < 1.29 is 9.26 Å². The molecule has 0 aliphatic heterocycles. The maximum atomic E-state index is 5.60. The highest BCUT2D eigenvalue weighted by molar-refractivity contribution is 5.79. The maximum absolute atomic E-state index is 5.60. The quantitative estimate of drug-likeness (QED) is 0.563. The Morgan fingerprint density at radius 2 is 1.92 bits per heavy atom. The summed E-state index contributed by atoms with van der Waals surface area (Å²) in [5.41, 5.74) is 2.17. The lowest BCUT2D eigenvalue weighted by Gasteiger charge is -2.30. The monoisotopic (exact) mass is 338 g/mol. The van der Waals surface area contributed by atoms with Gasteiger partial charge in [0.05, 0.1) is 18.3 Å². The molecule has 1 unspecified atom stereocenters. The highest BCUT2D eigenvalue weighted by atomic mass is 16.5. The van der Waals surface area contributed by atoms with Gasteiger partial charge in [0, 0.05) is 32.2 Å². The molecule has 1 aromatic rings. The van der Waals surface area contributed by atoms with E-state index in [1.807, 2.05) is 0 Å². The Morgan fingerprint density at radius 1 is 1.21 bits per heavy atom. The summed E-state index contributed by atoms with van der Waals surface area (Å²) in [5.74, 6) is 1.71. The van der Waals surface area contributed by atoms with Crippen molar-refractivity contribution in [3.8, 4) is 0 Å². The first kappa shape index (κ1) is 20.5. The molecule has 1 aromatic heterocycles. The number of hydrogen-bond donors (Lipinski definition) is 2. The van der Waals surface area contributed by atoms with Crippen LogP contribution in [-0.2, 0) is 24.1 Å². The summed E-state index contributed by atoms with van der Waals surface area (Å²) in [4.78, 5) is 4.70. The second-order valence-electron chi connectivity index (χ2n) is 6.90. The Balaban J connectivity index is 2.81. The van der Waals surface area contributed by atoms with Gasteiger partial charge < -0.3 is 19.9 Å². The zero-order valence-corrected chi connectivity index (χ0v) is 16.3. The van der Waals surface area contributed by atoms with E-state index in [1.165, 1.54) is 0 Å². The Bertz CT molecular complexity index is 496. The number of nitrogens with one attached hydrogen (secondary N) is 2. The van der Waals surface area contributed by atoms with Crippen molar-refractivity contribution in [2.45, 2.75) is 67.0 Å². The minimum atomic E-state index is 0.0678. The summed E-state index contributed by atoms with van der Waals surface area (Å²) >= 11 is 0. The van der Waals surface area contributed by atoms with Gasteiger partial charge in [0.15, 0.2) is 5.96 Å². The van der Waals surface area contributed by atoms with Crippen LogP contribution < -0.4 is 10.6 Å². The number of nitrogens with zero attached hydrogens (tertiary/aromatic N) is 2. The van der Waals surface area contributed by atoms with E-state index in [0.29, 0.717) is 13.1 Å². The fraction of sp³-hybridized carbons (Fsp3) is 0.778. The fourth-order valence-corrected chi connectivity index (χ4v) is 2.55. The van der Waals surface area contributed by atoms with Gasteiger partial charge in [-0.15, -0.1) is 0 Å². The molecular formula is C18H34N4O2. The summed E-state index contributed by atoms with van der Waals surface area (Å²) in [6.07, 6.45) is 1.79. The zero-order valence-electron chi connectivity index (χ0n) is 16.3. The molecule has 1 atom stereocenters. The van der Waals surface area contributed by atoms with Crippen LogP contribution in [0.2, 0.25) is 0 Å². The molecule has 0 spiro atoms. The van der Waals surface area contributed by atoms with Gasteiger partial charge in [0.1, 0.15) is 5.76 Å². The average molecular weight is 338 g/mol. The van der Waals surface area contributed by atoms with Gasteiger partial charge in [-0.1, -0.05) is 39.8 Å². The number of ether oxygens (including phenoxy) is 1. The van der Waals surface area contributed by atoms with Crippen LogP contribution in [0.25, 0.3) is 0 Å². The van der Waals surface area contributed by atoms with Crippen LogP contribution in [0.5, 0.6) is 0 Å². The first-order valence-electron chi connectivity index (χ1n) is 8.88. The third-order valence-corrected chi connectivity index (χ3v) is 4.05. The van der Waals surface area contributed by atoms with Gasteiger partial charge in [-0.3, -0.25) is 0 Å². The second kappa shape index (κ2) is 9.67. The molecule has 0 saturated carbocycles. The number of hydrogen-bond acceptors (Lipinski definition) is 4. The molecule has 0 aliphatic carbocycles. The Hall–Kier alpha value is -1.56. The Kier molecular flexibility index (Phi) is 8.25. The van der Waals surface area contributed by atoms with E-state index in [9.17, 15) is 0 Å². The lowest BCUT2D eigenvalue weighted by atomic mass is 9.89. The molecule has 0 bridgehead atoms. The van der Waals surface area contributed by atoms with Gasteiger partial charge in [0.2, 0.25) is 0 Å². The highest BCUT2D eigenvalue weighted by Crippen LogP contribution is 2.21. The van der Waals surface area contributed by atoms with Gasteiger partial charge in [-0.2, -0.15) is 0 Å². The molecule has 0 radical (unpaired) electrons. The highest BCUT2D eigenvalue weighted by Gasteiger charge is 2.24. The molecule has 0 aliphatic rings. The van der Waals surface area contributed by atoms with E-state index in [4.69, 9.17) is 14.3 Å². The Labute approximate surface area is 146 Å². The van der Waals surface area contributed by atoms with Crippen LogP contribution in [0.1, 0.15) is 58.6 Å². The first-order chi connectivity index (χ1) is 11.4. The van der Waals surface area contributed by atoms with Crippen LogP contribution in [0, 0.1) is 5.41 Å². The van der Waals surface area contributed by atoms with Gasteiger partial charge >= 0.3 is 0 Å². The predicted octanol–water partition coefficient (Wildman–Crippen LogP) is 2.92. The number of methoxy groups -OCH3 is 1. The molecule has 2 N–H and O–H groups in total. The molecule has 1 rings (SSSR count). The lowest BCUT2D eigenvalue weighted by Crippen LogP contribution is -2.45. The summed E-state index contributed by atoms with van der Waals surface area (Å²) in [5, 5.41) is 10.8. The minimum Gasteiger partial charge on any atom is -0.379 e. The van der Waals surface area contributed by atoms with Crippen molar-refractivity contribution in [2.24, 2.45) is 10.4 Å². The SMILES string of the molecule is CCNC(=NCc1c(CC)noc1CC)NCC(OC)C(C)(C)C. The number of rotatable bonds is 8. The zero-order chi connectivity index (χ0) is 18.2. The molecule has 0 fully saturated rings. The van der Waals surface area contributed by atoms with E-state index in [0.717, 1.165) is 42.4 Å². The fourth-order valence-electron chi connectivity index (χ4n) is 2.55. The molecular weight excluding hydrogens is 304 g/mol. The summed E-state index contributed by atoms with van der Waals surface area (Å²) in [7, 11) is 1.75. The van der Waals surface area contributed by atoms with E-state index < -0.39 is 0 Å². The minimum absolute atomic E-state index is 0.0678. The standard InChI is InChI=1S/C18H34N4O2/c1-8-14-13(15(9-2)24-22-14)11-20-17(19-10-3)21-12-16(23-7)18(4,5)6/h16H,8-12H2,1-7H3,(H2,19,20,21). The first-order valence-corrected chi connectivity index (χ1v) is 8.88. The third-order valence-electron chi connectivity index (χ3n) is 4.05. The molecule has 138 valence electrons. The topological polar surface area (TPSA) is 71.7 Å². The number of guanidine groups is 1. The number of aryl methyl sites for hydroxylation is 2. The van der Waals surface area contributed by atoms with E-state index in [-0.39, 0.29) is 11.5 Å². The average Bonchev–Trinajstić information content (AvgIpc) is 2.93. The summed E-state index contributed by atoms with van der Waals surface area (Å²) in [6.45, 7) is 14.8. The van der Waals surface area contributed by atoms with Crippen LogP contribution in [-0.4, -0.2) is 37.4 Å². The van der Waals surface area contributed by atoms with E-state index in [1.54, 1.807) is 7.11 Å². The molecule has 0 amide bonds. The molecule has 0 saturated heterocycles. The molecule has 0 aromatic carbocycles. The van der Waals surface area contributed by atoms with Crippen molar-refractivity contribution in [1.82, 2.24) is 15.8 Å². The normalized spacial score (nSPS) is 13.9. The number of aliphatic imine (C=N–C) groups is 1. The van der Waals surface area contributed by atoms with Crippen molar-refractivity contribution in [3.05, 3.63) is 17.0 Å². The van der Waals surface area contributed by atoms with Gasteiger partial charge in [0.25, 0.3) is 0 Å². The third kappa shape index (κ3) is 5.82. The van der Waals surface area contributed by atoms with Gasteiger partial charge in [-0.05, 0) is 18.8 Å². The molecule has 6 heteroatoms. The summed E-state index contributed by atoms with van der Waals surface area (Å²) < 4.78 is 11.0. The number of aromatic nitrogens is 1. The van der Waals surface area contributed by atoms with Crippen molar-refractivity contribution >= 4 is 5.96 Å². The predicted molar refractivity (Wildman–Crippen MR) is 98.3 cm³/mol. The second-order valence-corrected chi connectivity index (χ2v) is 6.90. The van der Waals surface area contributed by atoms with E-state index in [2.05, 4.69) is 57.3 Å². The van der Waals surface area contributed by atoms with Crippen LogP contribution in [0.15, 0.2) is 9.52 Å². The largest absolute Gasteiger partial charge is 0.379 e. The molecule has 24 heavy (non-hydrogen) atoms. The van der Waals surface area contributed by atoms with Crippen LogP contribution >= 0.6 is 0 Å². The smallest absolute Gasteiger partial charge is 0.191 e. The van der Waals surface area contributed by atoms with Crippen molar-refractivity contribution in [1.29, 1.82) is 0 Å². The lowest BCUT2D eigenvalue weighted by molar-refractivity contribution is 0.0205. The van der Waals surface area contributed by atoms with E-state index >= 15 is 0 Å². The molecule has 6 nitrogen and oxygen atoms in total. The molecule has 1 heterocycles. The maximum Gasteiger partial charge on any atom is 0.191 e. The summed E-state index contributed by atoms with van der Waals surface area (Å²) in [6, 6.07) is 0. The van der Waals surface area contributed by atoms with Crippen molar-refractivity contribution in [2.75, 3.05) is 20.2 Å². The van der Waals surface area contributed by atoms with Crippen molar-refractivity contribution in [3.63, 3.8) is 0 Å².